The van der Waals surface area contributed by atoms with Crippen LogP contribution in [0.3, 0.4) is 0 Å². The van der Waals surface area contributed by atoms with Crippen LogP contribution in [0.5, 0.6) is 0 Å². The molecule has 1 heterocycles. The van der Waals surface area contributed by atoms with Gasteiger partial charge in [0.2, 0.25) is 0 Å². The molecular formula is C11H8F3NO2. The van der Waals surface area contributed by atoms with Crippen molar-refractivity contribution >= 4 is 16.9 Å². The maximum absolute atomic E-state index is 13.0. The van der Waals surface area contributed by atoms with Gasteiger partial charge in [-0.1, -0.05) is 0 Å². The third-order valence-electron chi connectivity index (χ3n) is 2.41. The second kappa shape index (κ2) is 4.12. The fourth-order valence-corrected chi connectivity index (χ4v) is 1.74. The lowest BCUT2D eigenvalue weighted by molar-refractivity contribution is 0.0697. The second-order valence-electron chi connectivity index (χ2n) is 3.55. The first-order valence-corrected chi connectivity index (χ1v) is 4.79. The first-order chi connectivity index (χ1) is 7.99. The number of aromatic carboxylic acids is 1. The molecule has 0 fully saturated rings. The number of benzene rings is 1. The Morgan fingerprint density at radius 3 is 2.71 bits per heavy atom. The Labute approximate surface area is 94.1 Å². The van der Waals surface area contributed by atoms with Gasteiger partial charge in [-0.05, 0) is 18.2 Å². The van der Waals surface area contributed by atoms with Crippen LogP contribution in [0, 0.1) is 5.82 Å². The van der Waals surface area contributed by atoms with Gasteiger partial charge in [0.25, 0.3) is 6.43 Å². The standard InChI is InChI=1S/C11H8F3NO2/c12-6-1-2-9-7(3-6)8(11(16)17)4-15(9)5-10(13)14/h1-4,10H,5H2,(H,16,17). The number of carboxylic acid groups (broad SMARTS) is 1. The Kier molecular flexibility index (Phi) is 2.79. The van der Waals surface area contributed by atoms with E-state index >= 15 is 0 Å². The first-order valence-electron chi connectivity index (χ1n) is 4.79. The predicted octanol–water partition coefficient (Wildman–Crippen LogP) is 2.74. The Hall–Kier alpha value is -1.98. The number of halogens is 3. The van der Waals surface area contributed by atoms with Gasteiger partial charge in [0.05, 0.1) is 12.1 Å². The average Bonchev–Trinajstić information content (AvgIpc) is 2.55. The molecule has 0 unspecified atom stereocenters. The Morgan fingerprint density at radius 2 is 2.12 bits per heavy atom. The van der Waals surface area contributed by atoms with E-state index in [1.807, 2.05) is 0 Å². The smallest absolute Gasteiger partial charge is 0.337 e. The van der Waals surface area contributed by atoms with Gasteiger partial charge in [-0.2, -0.15) is 0 Å². The van der Waals surface area contributed by atoms with E-state index in [9.17, 15) is 18.0 Å². The van der Waals surface area contributed by atoms with E-state index < -0.39 is 24.8 Å². The quantitative estimate of drug-likeness (QED) is 0.900. The topological polar surface area (TPSA) is 42.2 Å². The van der Waals surface area contributed by atoms with Crippen molar-refractivity contribution in [2.45, 2.75) is 13.0 Å². The Balaban J connectivity index is 2.66. The van der Waals surface area contributed by atoms with Crippen molar-refractivity contribution in [3.8, 4) is 0 Å². The van der Waals surface area contributed by atoms with Gasteiger partial charge >= 0.3 is 5.97 Å². The summed E-state index contributed by atoms with van der Waals surface area (Å²) in [5, 5.41) is 9.02. The van der Waals surface area contributed by atoms with Crippen molar-refractivity contribution in [3.05, 3.63) is 35.8 Å². The number of rotatable bonds is 3. The summed E-state index contributed by atoms with van der Waals surface area (Å²) in [4.78, 5) is 10.9. The molecule has 90 valence electrons. The molecule has 0 spiro atoms. The van der Waals surface area contributed by atoms with Crippen LogP contribution in [0.1, 0.15) is 10.4 Å². The lowest BCUT2D eigenvalue weighted by Gasteiger charge is -2.03. The van der Waals surface area contributed by atoms with E-state index in [1.165, 1.54) is 6.07 Å². The maximum atomic E-state index is 13.0. The molecule has 1 aromatic heterocycles. The summed E-state index contributed by atoms with van der Waals surface area (Å²) in [7, 11) is 0. The number of alkyl halides is 2. The minimum atomic E-state index is -2.60. The molecule has 0 atom stereocenters. The Bertz CT molecular complexity index is 577. The third-order valence-corrected chi connectivity index (χ3v) is 2.41. The largest absolute Gasteiger partial charge is 0.478 e. The highest BCUT2D eigenvalue weighted by Gasteiger charge is 2.16. The molecule has 0 bridgehead atoms. The predicted molar refractivity (Wildman–Crippen MR) is 54.9 cm³/mol. The molecule has 0 saturated heterocycles. The molecule has 0 aliphatic heterocycles. The molecular weight excluding hydrogens is 235 g/mol. The summed E-state index contributed by atoms with van der Waals surface area (Å²) < 4.78 is 38.7. The van der Waals surface area contributed by atoms with Crippen LogP contribution in [-0.2, 0) is 6.54 Å². The Morgan fingerprint density at radius 1 is 1.41 bits per heavy atom. The van der Waals surface area contributed by atoms with E-state index in [0.717, 1.165) is 22.9 Å². The van der Waals surface area contributed by atoms with Gasteiger partial charge in [0.1, 0.15) is 5.82 Å². The number of carbonyl (C=O) groups is 1. The van der Waals surface area contributed by atoms with Gasteiger partial charge < -0.3 is 9.67 Å². The number of hydrogen-bond donors (Lipinski definition) is 1. The van der Waals surface area contributed by atoms with Crippen molar-refractivity contribution in [1.29, 1.82) is 0 Å². The fraction of sp³-hybridized carbons (Fsp3) is 0.182. The van der Waals surface area contributed by atoms with Crippen molar-refractivity contribution in [1.82, 2.24) is 4.57 Å². The summed E-state index contributed by atoms with van der Waals surface area (Å²) in [6.45, 7) is -0.616. The molecule has 1 N–H and O–H groups in total. The van der Waals surface area contributed by atoms with Crippen LogP contribution in [0.25, 0.3) is 10.9 Å². The molecule has 3 nitrogen and oxygen atoms in total. The summed E-state index contributed by atoms with van der Waals surface area (Å²) in [5.41, 5.74) is 0.101. The zero-order chi connectivity index (χ0) is 12.6. The van der Waals surface area contributed by atoms with Crippen molar-refractivity contribution in [2.24, 2.45) is 0 Å². The van der Waals surface area contributed by atoms with Gasteiger partial charge in [0, 0.05) is 17.1 Å². The molecule has 0 saturated carbocycles. The van der Waals surface area contributed by atoms with E-state index in [-0.39, 0.29) is 16.5 Å². The second-order valence-corrected chi connectivity index (χ2v) is 3.55. The maximum Gasteiger partial charge on any atom is 0.337 e. The van der Waals surface area contributed by atoms with E-state index in [4.69, 9.17) is 5.11 Å². The number of fused-ring (bicyclic) bond motifs is 1. The molecule has 0 aliphatic rings. The SMILES string of the molecule is O=C(O)c1cn(CC(F)F)c2ccc(F)cc12. The number of nitrogens with zero attached hydrogens (tertiary/aromatic N) is 1. The van der Waals surface area contributed by atoms with Crippen LogP contribution in [0.2, 0.25) is 0 Å². The highest BCUT2D eigenvalue weighted by molar-refractivity contribution is 6.03. The van der Waals surface area contributed by atoms with E-state index in [0.29, 0.717) is 0 Å². The van der Waals surface area contributed by atoms with Gasteiger partial charge in [-0.25, -0.2) is 18.0 Å². The highest BCUT2D eigenvalue weighted by Crippen LogP contribution is 2.23. The molecule has 2 aromatic rings. The summed E-state index contributed by atoms with van der Waals surface area (Å²) >= 11 is 0. The lowest BCUT2D eigenvalue weighted by Crippen LogP contribution is -2.05. The van der Waals surface area contributed by atoms with Crippen molar-refractivity contribution in [3.63, 3.8) is 0 Å². The van der Waals surface area contributed by atoms with Crippen LogP contribution in [0.15, 0.2) is 24.4 Å². The van der Waals surface area contributed by atoms with Crippen LogP contribution >= 0.6 is 0 Å². The average molecular weight is 243 g/mol. The lowest BCUT2D eigenvalue weighted by atomic mass is 10.2. The van der Waals surface area contributed by atoms with Crippen molar-refractivity contribution < 1.29 is 23.1 Å². The fourth-order valence-electron chi connectivity index (χ4n) is 1.74. The summed E-state index contributed by atoms with van der Waals surface area (Å²) in [6, 6.07) is 3.43. The minimum absolute atomic E-state index is 0.123. The number of hydrogen-bond acceptors (Lipinski definition) is 1. The first kappa shape index (κ1) is 11.5. The molecule has 17 heavy (non-hydrogen) atoms. The molecule has 0 amide bonds. The molecule has 0 aliphatic carbocycles. The van der Waals surface area contributed by atoms with E-state index in [1.54, 1.807) is 0 Å². The molecule has 6 heteroatoms. The highest BCUT2D eigenvalue weighted by atomic mass is 19.3. The minimum Gasteiger partial charge on any atom is -0.478 e. The van der Waals surface area contributed by atoms with Crippen LogP contribution < -0.4 is 0 Å². The number of aromatic nitrogens is 1. The molecule has 1 aromatic carbocycles. The normalized spacial score (nSPS) is 11.3. The number of carboxylic acids is 1. The van der Waals surface area contributed by atoms with Crippen LogP contribution in [-0.4, -0.2) is 22.1 Å². The van der Waals surface area contributed by atoms with Crippen molar-refractivity contribution in [2.75, 3.05) is 0 Å². The van der Waals surface area contributed by atoms with Crippen LogP contribution in [0.4, 0.5) is 13.2 Å². The monoisotopic (exact) mass is 243 g/mol. The zero-order valence-corrected chi connectivity index (χ0v) is 8.53. The van der Waals surface area contributed by atoms with E-state index in [2.05, 4.69) is 0 Å². The summed E-state index contributed by atoms with van der Waals surface area (Å²) in [5.74, 6) is -1.87. The van der Waals surface area contributed by atoms with Gasteiger partial charge in [-0.15, -0.1) is 0 Å². The van der Waals surface area contributed by atoms with Gasteiger partial charge in [-0.3, -0.25) is 0 Å². The molecule has 0 radical (unpaired) electrons. The zero-order valence-electron chi connectivity index (χ0n) is 8.53. The summed E-state index contributed by atoms with van der Waals surface area (Å²) in [6.07, 6.45) is -1.50. The third kappa shape index (κ3) is 2.11. The molecule has 2 rings (SSSR count). The van der Waals surface area contributed by atoms with Gasteiger partial charge in [0.15, 0.2) is 0 Å².